The van der Waals surface area contributed by atoms with E-state index in [9.17, 15) is 0 Å². The van der Waals surface area contributed by atoms with Crippen LogP contribution in [0.4, 0.5) is 0 Å². The third-order valence-corrected chi connectivity index (χ3v) is 10.6. The fourth-order valence-electron chi connectivity index (χ4n) is 7.53. The van der Waals surface area contributed by atoms with Crippen LogP contribution in [-0.2, 0) is 0 Å². The topological polar surface area (TPSA) is 90.5 Å². The van der Waals surface area contributed by atoms with Crippen LogP contribution in [-0.4, -0.2) is 29.9 Å². The highest BCUT2D eigenvalue weighted by atomic mass is 16.3. The van der Waals surface area contributed by atoms with Gasteiger partial charge in [0, 0.05) is 44.2 Å². The van der Waals surface area contributed by atoms with Crippen LogP contribution < -0.4 is 0 Å². The minimum atomic E-state index is 0.494. The van der Waals surface area contributed by atoms with Gasteiger partial charge >= 0.3 is 0 Å². The van der Waals surface area contributed by atoms with Gasteiger partial charge in [0.1, 0.15) is 11.2 Å². The quantitative estimate of drug-likeness (QED) is 0.128. The van der Waals surface area contributed by atoms with Gasteiger partial charge in [0.2, 0.25) is 0 Å². The highest BCUT2D eigenvalue weighted by Gasteiger charge is 2.19. The minimum absolute atomic E-state index is 0.494. The van der Waals surface area contributed by atoms with Crippen LogP contribution in [0.15, 0.2) is 212 Å². The number of fused-ring (bicyclic) bond motifs is 3. The van der Waals surface area contributed by atoms with Crippen molar-refractivity contribution in [1.29, 1.82) is 0 Å². The lowest BCUT2D eigenvalue weighted by Gasteiger charge is -2.10. The third kappa shape index (κ3) is 7.32. The van der Waals surface area contributed by atoms with E-state index < -0.39 is 0 Å². The highest BCUT2D eigenvalue weighted by molar-refractivity contribution is 6.12. The minimum Gasteiger partial charge on any atom is -0.456 e. The summed E-state index contributed by atoms with van der Waals surface area (Å²) in [6, 6.07) is 59.1. The first-order valence-corrected chi connectivity index (χ1v) is 19.9. The van der Waals surface area contributed by atoms with Crippen LogP contribution in [0.2, 0.25) is 0 Å². The van der Waals surface area contributed by atoms with Crippen molar-refractivity contribution in [2.24, 2.45) is 0 Å². The maximum absolute atomic E-state index is 6.48. The van der Waals surface area contributed by atoms with E-state index in [2.05, 4.69) is 61.7 Å². The van der Waals surface area contributed by atoms with E-state index in [0.29, 0.717) is 34.9 Å². The second-order valence-corrected chi connectivity index (χ2v) is 14.4. The molecular weight excluding hydrogens is 749 g/mol. The number of hydrogen-bond donors (Lipinski definition) is 0. The summed E-state index contributed by atoms with van der Waals surface area (Å²) in [5.74, 6) is 3.37. The van der Waals surface area contributed by atoms with E-state index in [1.54, 1.807) is 12.2 Å². The largest absolute Gasteiger partial charge is 0.456 e. The van der Waals surface area contributed by atoms with Gasteiger partial charge in [0.15, 0.2) is 34.9 Å². The normalized spacial score (nSPS) is 11.5. The highest BCUT2D eigenvalue weighted by Crippen LogP contribution is 2.39. The molecule has 7 aromatic carbocycles. The van der Waals surface area contributed by atoms with Gasteiger partial charge in [-0.3, -0.25) is 0 Å². The molecule has 0 bridgehead atoms. The molecule has 10 rings (SSSR count). The molecule has 0 fully saturated rings. The number of nitrogens with zero attached hydrogens (tertiary/aromatic N) is 6. The molecule has 10 aromatic rings. The molecule has 0 radical (unpaired) electrons. The van der Waals surface area contributed by atoms with Gasteiger partial charge in [-0.2, -0.15) is 0 Å². The van der Waals surface area contributed by atoms with Crippen molar-refractivity contribution >= 4 is 27.5 Å². The zero-order valence-electron chi connectivity index (χ0n) is 33.0. The van der Waals surface area contributed by atoms with Crippen LogP contribution in [0.1, 0.15) is 5.82 Å². The van der Waals surface area contributed by atoms with Crippen molar-refractivity contribution in [2.45, 2.75) is 0 Å². The van der Waals surface area contributed by atoms with Crippen LogP contribution >= 0.6 is 0 Å². The Morgan fingerprint density at radius 2 is 0.869 bits per heavy atom. The molecule has 61 heavy (non-hydrogen) atoms. The number of allylic oxidation sites excluding steroid dienone is 4. The van der Waals surface area contributed by atoms with Crippen molar-refractivity contribution < 1.29 is 4.42 Å². The molecule has 0 aliphatic rings. The molecule has 7 nitrogen and oxygen atoms in total. The van der Waals surface area contributed by atoms with Gasteiger partial charge in [-0.15, -0.1) is 0 Å². The summed E-state index contributed by atoms with van der Waals surface area (Å²) in [5.41, 5.74) is 10.9. The molecule has 0 saturated heterocycles. The first-order chi connectivity index (χ1) is 30.1. The van der Waals surface area contributed by atoms with Gasteiger partial charge < -0.3 is 4.42 Å². The predicted octanol–water partition coefficient (Wildman–Crippen LogP) is 13.4. The van der Waals surface area contributed by atoms with E-state index in [4.69, 9.17) is 34.3 Å². The monoisotopic (exact) mass is 784 g/mol. The van der Waals surface area contributed by atoms with E-state index in [0.717, 1.165) is 77.6 Å². The van der Waals surface area contributed by atoms with Crippen LogP contribution in [0.3, 0.4) is 0 Å². The third-order valence-electron chi connectivity index (χ3n) is 10.6. The summed E-state index contributed by atoms with van der Waals surface area (Å²) in [5, 5.41) is 1.84. The molecule has 0 aliphatic carbocycles. The lowest BCUT2D eigenvalue weighted by molar-refractivity contribution is 0.669. The lowest BCUT2D eigenvalue weighted by Crippen LogP contribution is -2.02. The smallest absolute Gasteiger partial charge is 0.164 e. The number of rotatable bonds is 10. The maximum atomic E-state index is 6.48. The number of aromatic nitrogens is 6. The first-order valence-electron chi connectivity index (χ1n) is 19.9. The Hall–Kier alpha value is -8.42. The number of hydrogen-bond acceptors (Lipinski definition) is 7. The summed E-state index contributed by atoms with van der Waals surface area (Å²) in [7, 11) is 0. The van der Waals surface area contributed by atoms with E-state index in [1.165, 1.54) is 0 Å². The lowest BCUT2D eigenvalue weighted by atomic mass is 9.99. The van der Waals surface area contributed by atoms with Crippen LogP contribution in [0.5, 0.6) is 0 Å². The maximum Gasteiger partial charge on any atom is 0.164 e. The number of benzene rings is 7. The van der Waals surface area contributed by atoms with Crippen LogP contribution in [0.25, 0.3) is 107 Å². The predicted molar refractivity (Wildman–Crippen MR) is 247 cm³/mol. The Morgan fingerprint density at radius 3 is 1.52 bits per heavy atom. The molecule has 3 heterocycles. The summed E-state index contributed by atoms with van der Waals surface area (Å²) < 4.78 is 6.48. The molecule has 0 amide bonds. The van der Waals surface area contributed by atoms with Gasteiger partial charge in [-0.25, -0.2) is 29.9 Å². The van der Waals surface area contributed by atoms with E-state index >= 15 is 0 Å². The summed E-state index contributed by atoms with van der Waals surface area (Å²) in [6.45, 7) is 7.96. The Balaban J connectivity index is 1.08. The van der Waals surface area contributed by atoms with Crippen molar-refractivity contribution in [2.75, 3.05) is 0 Å². The summed E-state index contributed by atoms with van der Waals surface area (Å²) in [6.07, 6.45) is 5.30. The van der Waals surface area contributed by atoms with Gasteiger partial charge in [-0.1, -0.05) is 183 Å². The second kappa shape index (κ2) is 16.1. The number of furan rings is 1. The zero-order chi connectivity index (χ0) is 41.1. The molecular formula is C54H36N6O. The van der Waals surface area contributed by atoms with Crippen LogP contribution in [0, 0.1) is 0 Å². The average molecular weight is 785 g/mol. The average Bonchev–Trinajstić information content (AvgIpc) is 3.72. The molecule has 288 valence electrons. The Labute approximate surface area is 352 Å². The van der Waals surface area contributed by atoms with Crippen molar-refractivity contribution in [3.8, 4) is 79.2 Å². The van der Waals surface area contributed by atoms with Crippen molar-refractivity contribution in [3.05, 3.63) is 213 Å². The van der Waals surface area contributed by atoms with Gasteiger partial charge in [-0.05, 0) is 46.5 Å². The molecule has 0 spiro atoms. The molecule has 0 atom stereocenters. The van der Waals surface area contributed by atoms with E-state index in [-0.39, 0.29) is 0 Å². The molecule has 0 unspecified atom stereocenters. The summed E-state index contributed by atoms with van der Waals surface area (Å²) >= 11 is 0. The first kappa shape index (κ1) is 36.9. The Bertz CT molecular complexity index is 3210. The fourth-order valence-corrected chi connectivity index (χ4v) is 7.53. The fraction of sp³-hybridized carbons (Fsp3) is 0. The van der Waals surface area contributed by atoms with Gasteiger partial charge in [0.05, 0.1) is 0 Å². The molecule has 0 saturated carbocycles. The molecule has 0 aliphatic heterocycles. The summed E-state index contributed by atoms with van der Waals surface area (Å²) in [4.78, 5) is 29.9. The Kier molecular flexibility index (Phi) is 9.73. The van der Waals surface area contributed by atoms with E-state index in [1.807, 2.05) is 133 Å². The molecule has 3 aromatic heterocycles. The van der Waals surface area contributed by atoms with Crippen molar-refractivity contribution in [3.63, 3.8) is 0 Å². The SMILES string of the molecule is C=C/C=C(\C=C)c1nc(-c2ccc(-c3ccccc3)cc2)nc(-c2cccc3oc4ccc(-c5cccc(-c6nc(-c7ccccc7)nc(-c7ccccc7)n6)c5)cc4c23)n1. The Morgan fingerprint density at radius 1 is 0.393 bits per heavy atom. The second-order valence-electron chi connectivity index (χ2n) is 14.4. The molecule has 0 N–H and O–H groups in total. The standard InChI is InChI=1S/C54H36N6O/c1-3-16-35(4-2)49-55-52(40-29-27-37(28-30-40)36-17-8-5-9-18-36)60-54(59-49)44-25-15-26-47-48(44)45-34-42(31-32-46(45)61-47)41-23-14-24-43(33-41)53-57-50(38-19-10-6-11-20-38)56-51(58-53)39-21-12-7-13-22-39/h3-34H,1-2H2/b35-16+. The molecule has 7 heteroatoms. The van der Waals surface area contributed by atoms with Gasteiger partial charge in [0.25, 0.3) is 0 Å². The van der Waals surface area contributed by atoms with Crippen molar-refractivity contribution in [1.82, 2.24) is 29.9 Å². The zero-order valence-corrected chi connectivity index (χ0v) is 33.0.